The van der Waals surface area contributed by atoms with Gasteiger partial charge in [0.1, 0.15) is 36.6 Å². The Bertz CT molecular complexity index is 1600. The lowest BCUT2D eigenvalue weighted by molar-refractivity contribution is -0.0730. The van der Waals surface area contributed by atoms with Crippen LogP contribution in [0.3, 0.4) is 0 Å². The van der Waals surface area contributed by atoms with Gasteiger partial charge in [-0.3, -0.25) is 37.3 Å². The molecule has 2 amide bonds. The summed E-state index contributed by atoms with van der Waals surface area (Å²) in [5, 5.41) is 24.2. The monoisotopic (exact) mass is 652 g/mol. The highest BCUT2D eigenvalue weighted by Gasteiger charge is 2.54. The molecule has 6 rings (SSSR count). The van der Waals surface area contributed by atoms with Crippen LogP contribution in [0.2, 0.25) is 0 Å². The number of aliphatic hydroxyl groups excluding tert-OH is 2. The third kappa shape index (κ3) is 5.73. The largest absolute Gasteiger partial charge is 0.472 e. The molecule has 0 radical (unpaired) electrons. The number of anilines is 1. The van der Waals surface area contributed by atoms with E-state index in [9.17, 15) is 38.7 Å². The first-order valence-corrected chi connectivity index (χ1v) is 15.5. The van der Waals surface area contributed by atoms with Gasteiger partial charge in [-0.1, -0.05) is 0 Å². The van der Waals surface area contributed by atoms with Gasteiger partial charge in [-0.05, 0) is 6.08 Å². The zero-order valence-electron chi connectivity index (χ0n) is 21.6. The standard InChI is InChI=1S/C19H26N8O14P2/c20-8-1-2-26(19(31)23-8)16-11(29)12-7(39-16)4-37-43(34,35)41-13-10(28)6(3-36-42(32,33)40-12)38-17(13)27-5-22-9-14(27)24-18(21)25-15(9)30/h1-2,5-8,10-13,16-17,28-29H,3-4,20H2,(H,23,31)(H,32,33)(H,34,35)(H3,21,24,25,30)/t6-,7-,8?,10-,11-,12-,13-,16-,17-/m1/s1. The van der Waals surface area contributed by atoms with Crippen LogP contribution < -0.4 is 22.3 Å². The van der Waals surface area contributed by atoms with E-state index in [1.54, 1.807) is 0 Å². The van der Waals surface area contributed by atoms with Crippen molar-refractivity contribution in [1.82, 2.24) is 29.7 Å². The van der Waals surface area contributed by atoms with E-state index in [1.807, 2.05) is 0 Å². The van der Waals surface area contributed by atoms with Gasteiger partial charge in [0, 0.05) is 6.20 Å². The fraction of sp³-hybridized carbons (Fsp3) is 0.579. The molecule has 10 N–H and O–H groups in total. The summed E-state index contributed by atoms with van der Waals surface area (Å²) in [6, 6.07) is -0.785. The van der Waals surface area contributed by atoms with E-state index >= 15 is 0 Å². The Morgan fingerprint density at radius 2 is 1.63 bits per heavy atom. The molecule has 0 saturated carbocycles. The van der Waals surface area contributed by atoms with Crippen LogP contribution in [0.1, 0.15) is 6.23 Å². The van der Waals surface area contributed by atoms with E-state index in [0.717, 1.165) is 15.8 Å². The van der Waals surface area contributed by atoms with Gasteiger partial charge >= 0.3 is 21.7 Å². The number of rotatable bonds is 2. The van der Waals surface area contributed by atoms with E-state index in [-0.39, 0.29) is 17.1 Å². The van der Waals surface area contributed by atoms with Gasteiger partial charge in [-0.2, -0.15) is 4.98 Å². The van der Waals surface area contributed by atoms with Gasteiger partial charge in [0.05, 0.1) is 25.7 Å². The Morgan fingerprint density at radius 3 is 2.33 bits per heavy atom. The molecule has 0 aromatic carbocycles. The van der Waals surface area contributed by atoms with Crippen molar-refractivity contribution >= 4 is 38.8 Å². The number of carbonyl (C=O) groups excluding carboxylic acids is 1. The van der Waals surface area contributed by atoms with Crippen molar-refractivity contribution in [3.05, 3.63) is 29.0 Å². The number of nitrogens with one attached hydrogen (secondary N) is 2. The summed E-state index contributed by atoms with van der Waals surface area (Å²) in [6.07, 6.45) is -10.3. The summed E-state index contributed by atoms with van der Waals surface area (Å²) >= 11 is 0. The van der Waals surface area contributed by atoms with Crippen LogP contribution in [0.25, 0.3) is 11.2 Å². The summed E-state index contributed by atoms with van der Waals surface area (Å²) in [4.78, 5) is 56.8. The quantitative estimate of drug-likeness (QED) is 0.149. The highest BCUT2D eigenvalue weighted by Crippen LogP contribution is 2.53. The SMILES string of the molecule is Nc1nc2c(ncn2[C@@H]2O[C@@H]3COP(=O)(O)O[C@H]4[C@@H](O)[C@H](N5C=CC(N)NC5=O)O[C@@H]4COP(=O)(O)O[C@@H]2[C@@H]3O)c(=O)[nH]1. The van der Waals surface area contributed by atoms with Gasteiger partial charge in [-0.15, -0.1) is 0 Å². The van der Waals surface area contributed by atoms with Crippen molar-refractivity contribution in [1.29, 1.82) is 0 Å². The minimum absolute atomic E-state index is 0.140. The number of hydrogen-bond donors (Lipinski definition) is 8. The summed E-state index contributed by atoms with van der Waals surface area (Å²) in [7, 11) is -10.2. The van der Waals surface area contributed by atoms with Crippen LogP contribution >= 0.6 is 15.6 Å². The number of ether oxygens (including phenoxy) is 2. The van der Waals surface area contributed by atoms with Crippen LogP contribution in [-0.2, 0) is 36.7 Å². The molecule has 4 aliphatic heterocycles. The van der Waals surface area contributed by atoms with Crippen LogP contribution in [0, 0.1) is 0 Å². The Kier molecular flexibility index (Phi) is 7.70. The molecule has 11 atom stereocenters. The predicted octanol–water partition coefficient (Wildman–Crippen LogP) is -3.11. The van der Waals surface area contributed by atoms with E-state index in [4.69, 9.17) is 39.0 Å². The number of urea groups is 1. The van der Waals surface area contributed by atoms with Crippen molar-refractivity contribution in [2.45, 2.75) is 55.2 Å². The number of nitrogens with two attached hydrogens (primary N) is 2. The predicted molar refractivity (Wildman–Crippen MR) is 136 cm³/mol. The third-order valence-electron chi connectivity index (χ3n) is 6.91. The average molecular weight is 652 g/mol. The summed E-state index contributed by atoms with van der Waals surface area (Å²) < 4.78 is 59.0. The average Bonchev–Trinajstić information content (AvgIpc) is 3.56. The first-order valence-electron chi connectivity index (χ1n) is 12.5. The van der Waals surface area contributed by atoms with E-state index in [1.165, 1.54) is 12.3 Å². The van der Waals surface area contributed by atoms with Crippen molar-refractivity contribution < 1.29 is 61.5 Å². The lowest BCUT2D eigenvalue weighted by Gasteiger charge is -2.31. The summed E-state index contributed by atoms with van der Waals surface area (Å²) in [5.41, 5.74) is 10.2. The van der Waals surface area contributed by atoms with Crippen LogP contribution in [0.5, 0.6) is 0 Å². The molecule has 2 aromatic rings. The number of phosphoric acid groups is 2. The topological polar surface area (TPSA) is 318 Å². The first kappa shape index (κ1) is 30.2. The molecule has 4 aliphatic rings. The van der Waals surface area contributed by atoms with Crippen molar-refractivity contribution in [3.63, 3.8) is 0 Å². The lowest BCUT2D eigenvalue weighted by Crippen LogP contribution is -2.55. The minimum atomic E-state index is -5.13. The van der Waals surface area contributed by atoms with Gasteiger partial charge in [0.15, 0.2) is 23.6 Å². The number of carbonyl (C=O) groups is 1. The molecule has 2 bridgehead atoms. The zero-order chi connectivity index (χ0) is 30.8. The molecule has 0 aliphatic carbocycles. The number of phosphoric ester groups is 2. The second-order valence-electron chi connectivity index (χ2n) is 9.78. The number of nitrogen functional groups attached to an aromatic ring is 1. The Labute approximate surface area is 239 Å². The van der Waals surface area contributed by atoms with Gasteiger partial charge in [0.25, 0.3) is 5.56 Å². The number of hydrogen-bond acceptors (Lipinski definition) is 16. The number of H-pyrrole nitrogens is 1. The van der Waals surface area contributed by atoms with Crippen molar-refractivity contribution in [3.8, 4) is 0 Å². The lowest BCUT2D eigenvalue weighted by atomic mass is 10.1. The molecular weight excluding hydrogens is 626 g/mol. The van der Waals surface area contributed by atoms with E-state index in [0.29, 0.717) is 0 Å². The second kappa shape index (κ2) is 11.0. The van der Waals surface area contributed by atoms with Gasteiger partial charge < -0.3 is 46.3 Å². The van der Waals surface area contributed by atoms with Gasteiger partial charge in [0.2, 0.25) is 5.95 Å². The molecule has 3 fully saturated rings. The number of fused-ring (bicyclic) bond motifs is 4. The highest BCUT2D eigenvalue weighted by atomic mass is 31.2. The van der Waals surface area contributed by atoms with Crippen LogP contribution in [-0.4, -0.2) is 113 Å². The minimum Gasteiger partial charge on any atom is -0.387 e. The Balaban J connectivity index is 1.30. The van der Waals surface area contributed by atoms with Crippen LogP contribution in [0.4, 0.5) is 10.7 Å². The van der Waals surface area contributed by atoms with Crippen LogP contribution in [0.15, 0.2) is 23.4 Å². The van der Waals surface area contributed by atoms with Crippen molar-refractivity contribution in [2.24, 2.45) is 5.73 Å². The number of aromatic nitrogens is 4. The third-order valence-corrected chi connectivity index (χ3v) is 8.88. The fourth-order valence-electron chi connectivity index (χ4n) is 4.96. The maximum atomic E-state index is 13.1. The summed E-state index contributed by atoms with van der Waals surface area (Å²) in [5.74, 6) is -0.293. The van der Waals surface area contributed by atoms with E-state index < -0.39 is 95.7 Å². The first-order chi connectivity index (χ1) is 20.2. The molecule has 236 valence electrons. The van der Waals surface area contributed by atoms with Crippen molar-refractivity contribution in [2.75, 3.05) is 18.9 Å². The molecular formula is C19H26N8O14P2. The highest BCUT2D eigenvalue weighted by molar-refractivity contribution is 7.47. The second-order valence-corrected chi connectivity index (χ2v) is 12.6. The molecule has 24 heteroatoms. The number of amides is 2. The Morgan fingerprint density at radius 1 is 0.977 bits per heavy atom. The zero-order valence-corrected chi connectivity index (χ0v) is 23.3. The summed E-state index contributed by atoms with van der Waals surface area (Å²) in [6.45, 7) is -1.72. The Hall–Kier alpha value is -2.82. The normalized spacial score (nSPS) is 42.2. The number of nitrogens with zero attached hydrogens (tertiary/aromatic N) is 4. The molecule has 3 saturated heterocycles. The number of aliphatic hydroxyl groups is 2. The molecule has 2 aromatic heterocycles. The molecule has 3 unspecified atom stereocenters. The molecule has 43 heavy (non-hydrogen) atoms. The molecule has 0 spiro atoms. The molecule has 22 nitrogen and oxygen atoms in total. The number of aromatic amines is 1. The number of imidazole rings is 1. The van der Waals surface area contributed by atoms with Gasteiger partial charge in [-0.25, -0.2) is 18.9 Å². The van der Waals surface area contributed by atoms with E-state index in [2.05, 4.69) is 20.3 Å². The molecule has 6 heterocycles. The maximum Gasteiger partial charge on any atom is 0.472 e. The maximum absolute atomic E-state index is 13.1. The fourth-order valence-corrected chi connectivity index (χ4v) is 6.86. The smallest absolute Gasteiger partial charge is 0.387 e.